The number of pyridine rings is 2. The summed E-state index contributed by atoms with van der Waals surface area (Å²) >= 11 is 0. The minimum atomic E-state index is -0.539. The number of carbonyl (C=O) groups excluding carboxylic acids is 1. The van der Waals surface area contributed by atoms with E-state index >= 15 is 0 Å². The fourth-order valence-electron chi connectivity index (χ4n) is 3.39. The zero-order valence-electron chi connectivity index (χ0n) is 15.0. The van der Waals surface area contributed by atoms with Crippen molar-refractivity contribution in [1.29, 1.82) is 0 Å². The first-order valence-electron chi connectivity index (χ1n) is 8.02. The summed E-state index contributed by atoms with van der Waals surface area (Å²) in [6.07, 6.45) is 0.294. The summed E-state index contributed by atoms with van der Waals surface area (Å²) < 4.78 is 1.64. The molecule has 0 spiro atoms. The molecule has 0 radical (unpaired) electrons. The molecule has 0 saturated heterocycles. The van der Waals surface area contributed by atoms with Crippen LogP contribution in [-0.2, 0) is 13.5 Å². The van der Waals surface area contributed by atoms with Crippen molar-refractivity contribution < 1.29 is 4.79 Å². The van der Waals surface area contributed by atoms with Crippen molar-refractivity contribution in [3.8, 4) is 0 Å². The molecule has 1 amide bonds. The van der Waals surface area contributed by atoms with Gasteiger partial charge in [0.1, 0.15) is 0 Å². The lowest BCUT2D eigenvalue weighted by Gasteiger charge is -2.13. The van der Waals surface area contributed by atoms with Crippen molar-refractivity contribution in [1.82, 2.24) is 19.7 Å². The Balaban J connectivity index is 2.32. The van der Waals surface area contributed by atoms with Crippen molar-refractivity contribution in [2.75, 3.05) is 0 Å². The first kappa shape index (κ1) is 16.9. The largest absolute Gasteiger partial charge is 0.366 e. The predicted molar refractivity (Wildman–Crippen MR) is 95.8 cm³/mol. The van der Waals surface area contributed by atoms with Gasteiger partial charge in [0, 0.05) is 30.4 Å². The van der Waals surface area contributed by atoms with E-state index in [1.54, 1.807) is 11.7 Å². The lowest BCUT2D eigenvalue weighted by Crippen LogP contribution is -2.20. The molecule has 3 aromatic heterocycles. The number of aromatic nitrogens is 4. The molecule has 0 bridgehead atoms. The number of nitrogens with one attached hydrogen (secondary N) is 1. The summed E-state index contributed by atoms with van der Waals surface area (Å²) in [6.45, 7) is 7.36. The molecule has 7 heteroatoms. The summed E-state index contributed by atoms with van der Waals surface area (Å²) in [4.78, 5) is 32.0. The Hall–Kier alpha value is -2.96. The SMILES string of the molecule is Cc1cc(C)c(Cc2c(C)nc3c(c(C)nn3C)c2C(N)=O)c(=O)[nH]1. The van der Waals surface area contributed by atoms with E-state index in [2.05, 4.69) is 15.1 Å². The first-order valence-corrected chi connectivity index (χ1v) is 8.02. The zero-order valence-corrected chi connectivity index (χ0v) is 15.0. The molecule has 0 unspecified atom stereocenters. The highest BCUT2D eigenvalue weighted by molar-refractivity contribution is 6.07. The maximum absolute atomic E-state index is 12.4. The summed E-state index contributed by atoms with van der Waals surface area (Å²) in [5, 5.41) is 5.00. The van der Waals surface area contributed by atoms with Crippen LogP contribution in [0.1, 0.15) is 44.1 Å². The molecule has 0 fully saturated rings. The van der Waals surface area contributed by atoms with Crippen LogP contribution in [-0.4, -0.2) is 25.7 Å². The Bertz CT molecular complexity index is 1080. The second-order valence-electron chi connectivity index (χ2n) is 6.44. The van der Waals surface area contributed by atoms with Gasteiger partial charge in [0.15, 0.2) is 5.65 Å². The molecule has 0 atom stereocenters. The molecule has 0 aliphatic heterocycles. The van der Waals surface area contributed by atoms with E-state index in [4.69, 9.17) is 5.73 Å². The van der Waals surface area contributed by atoms with Gasteiger partial charge in [-0.05, 0) is 44.9 Å². The summed E-state index contributed by atoms with van der Waals surface area (Å²) in [5.41, 5.74) is 10.9. The lowest BCUT2D eigenvalue weighted by molar-refractivity contribution is 0.100. The van der Waals surface area contributed by atoms with Gasteiger partial charge in [-0.15, -0.1) is 0 Å². The minimum absolute atomic E-state index is 0.157. The number of aromatic amines is 1. The number of hydrogen-bond acceptors (Lipinski definition) is 4. The Morgan fingerprint density at radius 1 is 1.20 bits per heavy atom. The Kier molecular flexibility index (Phi) is 3.94. The topological polar surface area (TPSA) is 107 Å². The van der Waals surface area contributed by atoms with Crippen LogP contribution in [0.4, 0.5) is 0 Å². The number of nitrogens with two attached hydrogens (primary N) is 1. The molecule has 25 heavy (non-hydrogen) atoms. The number of fused-ring (bicyclic) bond motifs is 1. The Labute approximate surface area is 144 Å². The molecule has 0 aliphatic carbocycles. The third-order valence-corrected chi connectivity index (χ3v) is 4.55. The van der Waals surface area contributed by atoms with Gasteiger partial charge in [-0.3, -0.25) is 14.3 Å². The monoisotopic (exact) mass is 339 g/mol. The molecule has 3 heterocycles. The quantitative estimate of drug-likeness (QED) is 0.755. The van der Waals surface area contributed by atoms with Crippen molar-refractivity contribution in [3.05, 3.63) is 55.8 Å². The third kappa shape index (κ3) is 2.71. The van der Waals surface area contributed by atoms with E-state index in [0.29, 0.717) is 45.5 Å². The standard InChI is InChI=1S/C18H21N5O2/c1-8-6-9(2)20-18(25)12(8)7-13-10(3)21-17-14(15(13)16(19)24)11(4)22-23(17)5/h6H,7H2,1-5H3,(H2,19,24)(H,20,25). The van der Waals surface area contributed by atoms with Gasteiger partial charge in [0.25, 0.3) is 5.56 Å². The fourth-order valence-corrected chi connectivity index (χ4v) is 3.39. The van der Waals surface area contributed by atoms with Crippen molar-refractivity contribution >= 4 is 16.9 Å². The summed E-state index contributed by atoms with van der Waals surface area (Å²) in [5.74, 6) is -0.539. The van der Waals surface area contributed by atoms with Gasteiger partial charge in [-0.25, -0.2) is 4.98 Å². The zero-order chi connectivity index (χ0) is 18.5. The van der Waals surface area contributed by atoms with Crippen LogP contribution < -0.4 is 11.3 Å². The van der Waals surface area contributed by atoms with Crippen LogP contribution in [0.5, 0.6) is 0 Å². The van der Waals surface area contributed by atoms with Crippen LogP contribution in [0, 0.1) is 27.7 Å². The molecular weight excluding hydrogens is 318 g/mol. The van der Waals surface area contributed by atoms with E-state index in [1.165, 1.54) is 0 Å². The molecule has 3 aromatic rings. The number of amides is 1. The smallest absolute Gasteiger partial charge is 0.251 e. The van der Waals surface area contributed by atoms with Crippen LogP contribution in [0.25, 0.3) is 11.0 Å². The molecule has 0 saturated carbocycles. The highest BCUT2D eigenvalue weighted by atomic mass is 16.1. The Morgan fingerprint density at radius 3 is 2.48 bits per heavy atom. The average molecular weight is 339 g/mol. The van der Waals surface area contributed by atoms with Crippen LogP contribution in [0.15, 0.2) is 10.9 Å². The summed E-state index contributed by atoms with van der Waals surface area (Å²) in [7, 11) is 1.78. The molecule has 130 valence electrons. The Morgan fingerprint density at radius 2 is 1.88 bits per heavy atom. The van der Waals surface area contributed by atoms with Crippen LogP contribution in [0.3, 0.4) is 0 Å². The van der Waals surface area contributed by atoms with E-state index < -0.39 is 5.91 Å². The number of nitrogens with zero attached hydrogens (tertiary/aromatic N) is 3. The number of rotatable bonds is 3. The van der Waals surface area contributed by atoms with Gasteiger partial charge in [-0.1, -0.05) is 0 Å². The molecule has 0 aliphatic rings. The second-order valence-corrected chi connectivity index (χ2v) is 6.44. The van der Waals surface area contributed by atoms with E-state index in [1.807, 2.05) is 33.8 Å². The first-order chi connectivity index (χ1) is 11.7. The van der Waals surface area contributed by atoms with Gasteiger partial charge >= 0.3 is 0 Å². The van der Waals surface area contributed by atoms with Gasteiger partial charge in [-0.2, -0.15) is 5.10 Å². The van der Waals surface area contributed by atoms with Crippen molar-refractivity contribution in [3.63, 3.8) is 0 Å². The molecule has 3 N–H and O–H groups in total. The van der Waals surface area contributed by atoms with Crippen molar-refractivity contribution in [2.45, 2.75) is 34.1 Å². The van der Waals surface area contributed by atoms with Crippen LogP contribution >= 0.6 is 0 Å². The number of hydrogen-bond donors (Lipinski definition) is 2. The molecular formula is C18H21N5O2. The minimum Gasteiger partial charge on any atom is -0.366 e. The van der Waals surface area contributed by atoms with E-state index in [0.717, 1.165) is 11.3 Å². The number of primary amides is 1. The van der Waals surface area contributed by atoms with Gasteiger partial charge in [0.05, 0.1) is 16.6 Å². The summed E-state index contributed by atoms with van der Waals surface area (Å²) in [6, 6.07) is 1.91. The average Bonchev–Trinajstić information content (AvgIpc) is 2.76. The van der Waals surface area contributed by atoms with E-state index in [-0.39, 0.29) is 5.56 Å². The molecule has 7 nitrogen and oxygen atoms in total. The van der Waals surface area contributed by atoms with Crippen molar-refractivity contribution in [2.24, 2.45) is 12.8 Å². The normalized spacial score (nSPS) is 11.2. The number of aryl methyl sites for hydroxylation is 5. The van der Waals surface area contributed by atoms with Crippen LogP contribution in [0.2, 0.25) is 0 Å². The fraction of sp³-hybridized carbons (Fsp3) is 0.333. The lowest BCUT2D eigenvalue weighted by atomic mass is 9.94. The third-order valence-electron chi connectivity index (χ3n) is 4.55. The number of carbonyl (C=O) groups is 1. The van der Waals surface area contributed by atoms with E-state index in [9.17, 15) is 9.59 Å². The highest BCUT2D eigenvalue weighted by Gasteiger charge is 2.23. The maximum atomic E-state index is 12.4. The van der Waals surface area contributed by atoms with Gasteiger partial charge in [0.2, 0.25) is 5.91 Å². The highest BCUT2D eigenvalue weighted by Crippen LogP contribution is 2.27. The predicted octanol–water partition coefficient (Wildman–Crippen LogP) is 1.58. The molecule has 3 rings (SSSR count). The maximum Gasteiger partial charge on any atom is 0.251 e. The second kappa shape index (κ2) is 5.84. The van der Waals surface area contributed by atoms with Gasteiger partial charge < -0.3 is 10.7 Å². The molecule has 0 aromatic carbocycles. The number of H-pyrrole nitrogens is 1.